The molecule has 2 heterocycles. The summed E-state index contributed by atoms with van der Waals surface area (Å²) in [6.45, 7) is 4.33. The molecule has 0 aromatic heterocycles. The molecule has 3 amide bonds. The molecule has 0 radical (unpaired) electrons. The Bertz CT molecular complexity index is 811. The van der Waals surface area contributed by atoms with E-state index in [0.717, 1.165) is 12.8 Å². The van der Waals surface area contributed by atoms with Gasteiger partial charge >= 0.3 is 0 Å². The van der Waals surface area contributed by atoms with Crippen molar-refractivity contribution in [3.05, 3.63) is 34.9 Å². The van der Waals surface area contributed by atoms with Crippen LogP contribution in [-0.2, 0) is 29.3 Å². The van der Waals surface area contributed by atoms with E-state index in [1.807, 2.05) is 6.92 Å². The van der Waals surface area contributed by atoms with Crippen LogP contribution in [-0.4, -0.2) is 73.6 Å². The number of halogens is 1. The SMILES string of the molecule is CCN(C[C@H]1CCCO1)C(=O)C[C@]1(c2ccccc2Cl)CC(=O)N(CCCOC)C1=O. The zero-order valence-corrected chi connectivity index (χ0v) is 19.0. The molecule has 3 rings (SSSR count). The van der Waals surface area contributed by atoms with Crippen molar-refractivity contribution in [2.45, 2.75) is 50.5 Å². The molecule has 31 heavy (non-hydrogen) atoms. The number of likely N-dealkylation sites (tertiary alicyclic amines) is 1. The fourth-order valence-electron chi connectivity index (χ4n) is 4.50. The lowest BCUT2D eigenvalue weighted by Gasteiger charge is -2.31. The molecule has 170 valence electrons. The van der Waals surface area contributed by atoms with E-state index in [1.165, 1.54) is 4.90 Å². The van der Waals surface area contributed by atoms with Crippen LogP contribution < -0.4 is 0 Å². The second-order valence-corrected chi connectivity index (χ2v) is 8.59. The Morgan fingerprint density at radius 3 is 2.77 bits per heavy atom. The van der Waals surface area contributed by atoms with Gasteiger partial charge in [0.25, 0.3) is 0 Å². The van der Waals surface area contributed by atoms with Gasteiger partial charge in [-0.25, -0.2) is 0 Å². The summed E-state index contributed by atoms with van der Waals surface area (Å²) in [7, 11) is 1.58. The van der Waals surface area contributed by atoms with Gasteiger partial charge in [0.15, 0.2) is 0 Å². The first-order valence-corrected chi connectivity index (χ1v) is 11.3. The zero-order valence-electron chi connectivity index (χ0n) is 18.3. The molecule has 0 N–H and O–H groups in total. The summed E-state index contributed by atoms with van der Waals surface area (Å²) in [5.74, 6) is -0.808. The van der Waals surface area contributed by atoms with Crippen LogP contribution in [0.25, 0.3) is 0 Å². The lowest BCUT2D eigenvalue weighted by atomic mass is 9.75. The maximum Gasteiger partial charge on any atom is 0.240 e. The molecular weight excluding hydrogens is 420 g/mol. The van der Waals surface area contributed by atoms with Gasteiger partial charge in [-0.3, -0.25) is 19.3 Å². The first-order valence-electron chi connectivity index (χ1n) is 10.9. The zero-order chi connectivity index (χ0) is 22.4. The number of amides is 3. The minimum absolute atomic E-state index is 0.0200. The molecule has 2 saturated heterocycles. The maximum absolute atomic E-state index is 13.6. The molecule has 0 spiro atoms. The van der Waals surface area contributed by atoms with Gasteiger partial charge in [-0.1, -0.05) is 29.8 Å². The molecule has 2 fully saturated rings. The Morgan fingerprint density at radius 2 is 2.13 bits per heavy atom. The van der Waals surface area contributed by atoms with Gasteiger partial charge in [0.1, 0.15) is 0 Å². The van der Waals surface area contributed by atoms with Crippen molar-refractivity contribution >= 4 is 29.3 Å². The summed E-state index contributed by atoms with van der Waals surface area (Å²) >= 11 is 6.47. The van der Waals surface area contributed by atoms with Gasteiger partial charge in [0.2, 0.25) is 17.7 Å². The molecular formula is C23H31ClN2O5. The van der Waals surface area contributed by atoms with Crippen LogP contribution in [0.4, 0.5) is 0 Å². The average Bonchev–Trinajstić information content (AvgIpc) is 3.34. The molecule has 0 bridgehead atoms. The van der Waals surface area contributed by atoms with Crippen LogP contribution in [0.5, 0.6) is 0 Å². The van der Waals surface area contributed by atoms with E-state index in [2.05, 4.69) is 0 Å². The number of benzene rings is 1. The van der Waals surface area contributed by atoms with Crippen LogP contribution >= 0.6 is 11.6 Å². The van der Waals surface area contributed by atoms with Gasteiger partial charge in [-0.05, 0) is 37.8 Å². The Labute approximate surface area is 188 Å². The van der Waals surface area contributed by atoms with Gasteiger partial charge < -0.3 is 14.4 Å². The summed E-state index contributed by atoms with van der Waals surface area (Å²) in [5.41, 5.74) is -0.755. The van der Waals surface area contributed by atoms with Crippen molar-refractivity contribution in [3.8, 4) is 0 Å². The Hall–Kier alpha value is -1.96. The fourth-order valence-corrected chi connectivity index (χ4v) is 4.82. The van der Waals surface area contributed by atoms with Gasteiger partial charge in [-0.15, -0.1) is 0 Å². The highest BCUT2D eigenvalue weighted by Crippen LogP contribution is 2.43. The molecule has 8 heteroatoms. The van der Waals surface area contributed by atoms with E-state index in [9.17, 15) is 14.4 Å². The van der Waals surface area contributed by atoms with Crippen LogP contribution in [0.15, 0.2) is 24.3 Å². The van der Waals surface area contributed by atoms with Crippen LogP contribution in [0.1, 0.15) is 44.6 Å². The van der Waals surface area contributed by atoms with Crippen molar-refractivity contribution < 1.29 is 23.9 Å². The first-order chi connectivity index (χ1) is 14.9. The maximum atomic E-state index is 13.6. The van der Waals surface area contributed by atoms with Gasteiger partial charge in [-0.2, -0.15) is 0 Å². The molecule has 0 saturated carbocycles. The predicted octanol–water partition coefficient (Wildman–Crippen LogP) is 2.79. The molecule has 0 aliphatic carbocycles. The van der Waals surface area contributed by atoms with E-state index < -0.39 is 5.41 Å². The number of carbonyl (C=O) groups excluding carboxylic acids is 3. The van der Waals surface area contributed by atoms with Crippen molar-refractivity contribution in [3.63, 3.8) is 0 Å². The average molecular weight is 451 g/mol. The van der Waals surface area contributed by atoms with Gasteiger partial charge in [0, 0.05) is 57.8 Å². The number of ether oxygens (including phenoxy) is 2. The van der Waals surface area contributed by atoms with E-state index in [0.29, 0.717) is 43.3 Å². The summed E-state index contributed by atoms with van der Waals surface area (Å²) < 4.78 is 10.7. The lowest BCUT2D eigenvalue weighted by Crippen LogP contribution is -2.45. The van der Waals surface area contributed by atoms with Crippen LogP contribution in [0, 0.1) is 0 Å². The minimum atomic E-state index is -1.29. The molecule has 7 nitrogen and oxygen atoms in total. The molecule has 2 aliphatic rings. The van der Waals surface area contributed by atoms with E-state index in [1.54, 1.807) is 36.3 Å². The Balaban J connectivity index is 1.88. The second kappa shape index (κ2) is 10.6. The number of carbonyl (C=O) groups is 3. The predicted molar refractivity (Wildman–Crippen MR) is 117 cm³/mol. The van der Waals surface area contributed by atoms with E-state index in [-0.39, 0.29) is 43.2 Å². The smallest absolute Gasteiger partial charge is 0.240 e. The summed E-state index contributed by atoms with van der Waals surface area (Å²) in [6, 6.07) is 6.99. The molecule has 2 atom stereocenters. The summed E-state index contributed by atoms with van der Waals surface area (Å²) in [4.78, 5) is 42.8. The number of likely N-dealkylation sites (N-methyl/N-ethyl adjacent to an activating group) is 1. The Kier molecular flexibility index (Phi) is 8.08. The number of imide groups is 1. The third kappa shape index (κ3) is 5.10. The second-order valence-electron chi connectivity index (χ2n) is 8.18. The highest BCUT2D eigenvalue weighted by atomic mass is 35.5. The molecule has 0 unspecified atom stereocenters. The topological polar surface area (TPSA) is 76.2 Å². The highest BCUT2D eigenvalue weighted by Gasteiger charge is 2.54. The van der Waals surface area contributed by atoms with E-state index in [4.69, 9.17) is 21.1 Å². The third-order valence-corrected chi connectivity index (χ3v) is 6.49. The van der Waals surface area contributed by atoms with Gasteiger partial charge in [0.05, 0.1) is 11.5 Å². The summed E-state index contributed by atoms with van der Waals surface area (Å²) in [6.07, 6.45) is 2.31. The third-order valence-electron chi connectivity index (χ3n) is 6.16. The van der Waals surface area contributed by atoms with Crippen molar-refractivity contribution in [1.29, 1.82) is 0 Å². The molecule has 1 aromatic rings. The number of hydrogen-bond donors (Lipinski definition) is 0. The lowest BCUT2D eigenvalue weighted by molar-refractivity contribution is -0.143. The number of nitrogens with zero attached hydrogens (tertiary/aromatic N) is 2. The minimum Gasteiger partial charge on any atom is -0.385 e. The Morgan fingerprint density at radius 1 is 1.35 bits per heavy atom. The van der Waals surface area contributed by atoms with Crippen molar-refractivity contribution in [2.24, 2.45) is 0 Å². The monoisotopic (exact) mass is 450 g/mol. The van der Waals surface area contributed by atoms with E-state index >= 15 is 0 Å². The molecule has 2 aliphatic heterocycles. The first kappa shape index (κ1) is 23.7. The quantitative estimate of drug-likeness (QED) is 0.404. The number of rotatable bonds is 10. The van der Waals surface area contributed by atoms with Crippen molar-refractivity contribution in [2.75, 3.05) is 40.0 Å². The van der Waals surface area contributed by atoms with Crippen LogP contribution in [0.2, 0.25) is 5.02 Å². The largest absolute Gasteiger partial charge is 0.385 e. The summed E-state index contributed by atoms with van der Waals surface area (Å²) in [5, 5.41) is 0.386. The van der Waals surface area contributed by atoms with Crippen LogP contribution in [0.3, 0.4) is 0 Å². The number of hydrogen-bond acceptors (Lipinski definition) is 5. The number of methoxy groups -OCH3 is 1. The highest BCUT2D eigenvalue weighted by molar-refractivity contribution is 6.32. The standard InChI is InChI=1S/C23H31ClN2O5/c1-3-25(16-17-8-6-13-31-17)20(27)14-23(18-9-4-5-10-19(18)24)15-21(28)26(22(23)29)11-7-12-30-2/h4-5,9-10,17H,3,6-8,11-16H2,1-2H3/t17-,23-/m1/s1. The molecule has 1 aromatic carbocycles. The van der Waals surface area contributed by atoms with Crippen molar-refractivity contribution in [1.82, 2.24) is 9.80 Å². The fraction of sp³-hybridized carbons (Fsp3) is 0.609. The normalized spacial score (nSPS) is 23.6.